The Hall–Kier alpha value is -3.40. The number of carbonyl (C=O) groups excluding carboxylic acids is 1. The molecule has 26 heavy (non-hydrogen) atoms. The first-order valence-corrected chi connectivity index (χ1v) is 8.21. The Morgan fingerprint density at radius 2 is 1.46 bits per heavy atom. The van der Waals surface area contributed by atoms with Crippen molar-refractivity contribution < 1.29 is 14.3 Å². The molecule has 0 amide bonds. The van der Waals surface area contributed by atoms with E-state index >= 15 is 0 Å². The number of esters is 1. The highest BCUT2D eigenvalue weighted by Gasteiger charge is 2.08. The molecule has 0 saturated heterocycles. The maximum absolute atomic E-state index is 12.2. The van der Waals surface area contributed by atoms with Crippen LogP contribution in [0.2, 0.25) is 0 Å². The topological polar surface area (TPSA) is 47.9 Å². The van der Waals surface area contributed by atoms with Crippen molar-refractivity contribution in [2.75, 3.05) is 7.11 Å². The van der Waals surface area contributed by atoms with E-state index in [1.54, 1.807) is 37.6 Å². The quantitative estimate of drug-likeness (QED) is 0.372. The van der Waals surface area contributed by atoms with Crippen molar-refractivity contribution in [3.05, 3.63) is 89.5 Å². The molecule has 0 spiro atoms. The lowest BCUT2D eigenvalue weighted by Gasteiger charge is -2.05. The molecule has 3 rings (SSSR count). The lowest BCUT2D eigenvalue weighted by Crippen LogP contribution is -2.08. The normalized spacial score (nSPS) is 10.7. The van der Waals surface area contributed by atoms with Gasteiger partial charge in [0.2, 0.25) is 0 Å². The summed E-state index contributed by atoms with van der Waals surface area (Å²) in [5.74, 6) is 0.943. The molecule has 0 saturated carbocycles. The number of ether oxygens (including phenoxy) is 2. The molecule has 0 aromatic heterocycles. The first kappa shape index (κ1) is 17.4. The maximum atomic E-state index is 12.2. The summed E-state index contributed by atoms with van der Waals surface area (Å²) in [4.78, 5) is 16.6. The van der Waals surface area contributed by atoms with Gasteiger partial charge in [-0.25, -0.2) is 4.79 Å². The minimum Gasteiger partial charge on any atom is -0.497 e. The van der Waals surface area contributed by atoms with E-state index in [0.29, 0.717) is 11.3 Å². The van der Waals surface area contributed by atoms with E-state index in [2.05, 4.69) is 4.99 Å². The van der Waals surface area contributed by atoms with Gasteiger partial charge in [-0.3, -0.25) is 4.99 Å². The summed E-state index contributed by atoms with van der Waals surface area (Å²) >= 11 is 0. The summed E-state index contributed by atoms with van der Waals surface area (Å²) in [6.45, 7) is 1.98. The van der Waals surface area contributed by atoms with E-state index < -0.39 is 0 Å². The molecule has 0 aliphatic rings. The van der Waals surface area contributed by atoms with Crippen molar-refractivity contribution in [3.63, 3.8) is 0 Å². The molecule has 4 heteroatoms. The zero-order valence-electron chi connectivity index (χ0n) is 14.7. The van der Waals surface area contributed by atoms with Crippen molar-refractivity contribution in [1.29, 1.82) is 0 Å². The number of rotatable bonds is 5. The molecule has 4 nitrogen and oxygen atoms in total. The highest BCUT2D eigenvalue weighted by Crippen LogP contribution is 2.18. The largest absolute Gasteiger partial charge is 0.497 e. The smallest absolute Gasteiger partial charge is 0.343 e. The zero-order valence-corrected chi connectivity index (χ0v) is 14.7. The van der Waals surface area contributed by atoms with Crippen molar-refractivity contribution >= 4 is 17.9 Å². The number of hydrogen-bond donors (Lipinski definition) is 0. The van der Waals surface area contributed by atoms with Gasteiger partial charge in [-0.15, -0.1) is 0 Å². The number of carbonyl (C=O) groups is 1. The van der Waals surface area contributed by atoms with Gasteiger partial charge in [-0.2, -0.15) is 0 Å². The summed E-state index contributed by atoms with van der Waals surface area (Å²) in [6.07, 6.45) is 1.75. The summed E-state index contributed by atoms with van der Waals surface area (Å²) in [6, 6.07) is 22.0. The molecule has 0 heterocycles. The van der Waals surface area contributed by atoms with Crippen LogP contribution < -0.4 is 9.47 Å². The van der Waals surface area contributed by atoms with E-state index in [4.69, 9.17) is 9.47 Å². The SMILES string of the molecule is COc1ccc(N=Cc2ccc(C(=O)Oc3ccc(C)cc3)cc2)cc1. The molecule has 0 radical (unpaired) electrons. The van der Waals surface area contributed by atoms with Crippen molar-refractivity contribution in [2.45, 2.75) is 6.92 Å². The van der Waals surface area contributed by atoms with Gasteiger partial charge in [-0.1, -0.05) is 29.8 Å². The van der Waals surface area contributed by atoms with Crippen LogP contribution in [-0.2, 0) is 0 Å². The van der Waals surface area contributed by atoms with E-state index in [9.17, 15) is 4.79 Å². The Morgan fingerprint density at radius 1 is 0.846 bits per heavy atom. The molecule has 0 aliphatic heterocycles. The van der Waals surface area contributed by atoms with Crippen molar-refractivity contribution in [1.82, 2.24) is 0 Å². The van der Waals surface area contributed by atoms with E-state index in [0.717, 1.165) is 22.6 Å². The number of aryl methyl sites for hydroxylation is 1. The summed E-state index contributed by atoms with van der Waals surface area (Å²) < 4.78 is 10.5. The standard InChI is InChI=1S/C22H19NO3/c1-16-3-11-21(12-4-16)26-22(24)18-7-5-17(6-8-18)15-23-19-9-13-20(25-2)14-10-19/h3-15H,1-2H3. The summed E-state index contributed by atoms with van der Waals surface area (Å²) in [5.41, 5.74) is 3.33. The lowest BCUT2D eigenvalue weighted by atomic mass is 10.1. The monoisotopic (exact) mass is 345 g/mol. The Labute approximate surface area is 152 Å². The number of aliphatic imine (C=N–C) groups is 1. The first-order chi connectivity index (χ1) is 12.6. The Kier molecular flexibility index (Phi) is 5.44. The number of methoxy groups -OCH3 is 1. The highest BCUT2D eigenvalue weighted by molar-refractivity contribution is 5.92. The van der Waals surface area contributed by atoms with Gasteiger partial charge >= 0.3 is 5.97 Å². The van der Waals surface area contributed by atoms with Crippen LogP contribution in [0.15, 0.2) is 77.8 Å². The fourth-order valence-electron chi connectivity index (χ4n) is 2.29. The van der Waals surface area contributed by atoms with Crippen LogP contribution in [0.5, 0.6) is 11.5 Å². The Bertz CT molecular complexity index is 896. The third-order valence-corrected chi connectivity index (χ3v) is 3.81. The van der Waals surface area contributed by atoms with Gasteiger partial charge in [0.15, 0.2) is 0 Å². The first-order valence-electron chi connectivity index (χ1n) is 8.21. The fourth-order valence-corrected chi connectivity index (χ4v) is 2.29. The minimum atomic E-state index is -0.382. The van der Waals surface area contributed by atoms with Gasteiger partial charge in [0.25, 0.3) is 0 Å². The molecule has 3 aromatic rings. The molecule has 0 N–H and O–H groups in total. The maximum Gasteiger partial charge on any atom is 0.343 e. The number of benzene rings is 3. The molecule has 130 valence electrons. The van der Waals surface area contributed by atoms with Crippen LogP contribution in [0.4, 0.5) is 5.69 Å². The number of nitrogens with zero attached hydrogens (tertiary/aromatic N) is 1. The summed E-state index contributed by atoms with van der Waals surface area (Å²) in [7, 11) is 1.63. The molecule has 0 aliphatic carbocycles. The fraction of sp³-hybridized carbons (Fsp3) is 0.0909. The molecule has 0 bridgehead atoms. The lowest BCUT2D eigenvalue weighted by molar-refractivity contribution is 0.0734. The van der Waals surface area contributed by atoms with E-state index in [1.807, 2.05) is 55.5 Å². The van der Waals surface area contributed by atoms with Gasteiger partial charge < -0.3 is 9.47 Å². The molecule has 0 atom stereocenters. The zero-order chi connectivity index (χ0) is 18.4. The summed E-state index contributed by atoms with van der Waals surface area (Å²) in [5, 5.41) is 0. The van der Waals surface area contributed by atoms with Crippen LogP contribution in [0.3, 0.4) is 0 Å². The van der Waals surface area contributed by atoms with E-state index in [-0.39, 0.29) is 5.97 Å². The second-order valence-electron chi connectivity index (χ2n) is 5.78. The van der Waals surface area contributed by atoms with Crippen LogP contribution in [0.25, 0.3) is 0 Å². The molecular formula is C22H19NO3. The third-order valence-electron chi connectivity index (χ3n) is 3.81. The molecule has 0 unspecified atom stereocenters. The van der Waals surface area contributed by atoms with Crippen molar-refractivity contribution in [2.24, 2.45) is 4.99 Å². The predicted octanol–water partition coefficient (Wildman–Crippen LogP) is 4.97. The van der Waals surface area contributed by atoms with Gasteiger partial charge in [0.05, 0.1) is 18.4 Å². The molecular weight excluding hydrogens is 326 g/mol. The highest BCUT2D eigenvalue weighted by atomic mass is 16.5. The minimum absolute atomic E-state index is 0.382. The Morgan fingerprint density at radius 3 is 2.08 bits per heavy atom. The van der Waals surface area contributed by atoms with Crippen LogP contribution in [-0.4, -0.2) is 19.3 Å². The van der Waals surface area contributed by atoms with Crippen LogP contribution in [0, 0.1) is 6.92 Å². The Balaban J connectivity index is 1.64. The van der Waals surface area contributed by atoms with E-state index in [1.165, 1.54) is 0 Å². The second-order valence-corrected chi connectivity index (χ2v) is 5.78. The average Bonchev–Trinajstić information content (AvgIpc) is 2.69. The van der Waals surface area contributed by atoms with Crippen molar-refractivity contribution in [3.8, 4) is 11.5 Å². The van der Waals surface area contributed by atoms with Gasteiger partial charge in [0.1, 0.15) is 11.5 Å². The predicted molar refractivity (Wildman–Crippen MR) is 103 cm³/mol. The van der Waals surface area contributed by atoms with Gasteiger partial charge in [0, 0.05) is 6.21 Å². The van der Waals surface area contributed by atoms with Gasteiger partial charge in [-0.05, 0) is 61.0 Å². The average molecular weight is 345 g/mol. The van der Waals surface area contributed by atoms with Crippen LogP contribution in [0.1, 0.15) is 21.5 Å². The second kappa shape index (κ2) is 8.12. The third kappa shape index (κ3) is 4.57. The molecule has 0 fully saturated rings. The molecule has 3 aromatic carbocycles. The number of hydrogen-bond acceptors (Lipinski definition) is 4. The van der Waals surface area contributed by atoms with Crippen LogP contribution >= 0.6 is 0 Å².